The molecule has 31 heavy (non-hydrogen) atoms. The summed E-state index contributed by atoms with van der Waals surface area (Å²) in [4.78, 5) is 17.1. The van der Waals surface area contributed by atoms with Crippen molar-refractivity contribution in [2.24, 2.45) is 0 Å². The highest BCUT2D eigenvalue weighted by Gasteiger charge is 2.13. The lowest BCUT2D eigenvalue weighted by molar-refractivity contribution is 0.0977. The number of amides is 1. The zero-order chi connectivity index (χ0) is 22.1. The van der Waals surface area contributed by atoms with E-state index in [1.54, 1.807) is 0 Å². The van der Waals surface area contributed by atoms with Gasteiger partial charge >= 0.3 is 0 Å². The van der Waals surface area contributed by atoms with Crippen LogP contribution in [-0.4, -0.2) is 16.0 Å². The minimum atomic E-state index is -0.246. The number of benzene rings is 3. The number of nitrogens with zero attached hydrogens (tertiary/aromatic N) is 1. The number of carbonyl (C=O) groups is 1. The maximum absolute atomic E-state index is 12.5. The second kappa shape index (κ2) is 8.32. The first-order chi connectivity index (χ1) is 14.8. The SMILES string of the molecule is Cc1cc(C)cc(C(=O)NC(=S)Nc2ccc3oc(-c4ccc(C)cc4C)nc3c2)c1. The molecule has 0 aliphatic carbocycles. The van der Waals surface area contributed by atoms with Crippen molar-refractivity contribution in [1.82, 2.24) is 10.3 Å². The molecule has 0 bridgehead atoms. The molecule has 6 heteroatoms. The van der Waals surface area contributed by atoms with Crippen LogP contribution in [0, 0.1) is 27.7 Å². The summed E-state index contributed by atoms with van der Waals surface area (Å²) in [6.45, 7) is 8.02. The third-order valence-corrected chi connectivity index (χ3v) is 5.17. The fraction of sp³-hybridized carbons (Fsp3) is 0.160. The molecule has 0 fully saturated rings. The molecule has 0 unspecified atom stereocenters. The molecule has 1 heterocycles. The summed E-state index contributed by atoms with van der Waals surface area (Å²) < 4.78 is 5.94. The Morgan fingerprint density at radius 3 is 2.35 bits per heavy atom. The first kappa shape index (κ1) is 20.8. The number of oxazole rings is 1. The van der Waals surface area contributed by atoms with Gasteiger partial charge in [0.1, 0.15) is 5.52 Å². The molecule has 0 spiro atoms. The second-order valence-electron chi connectivity index (χ2n) is 7.80. The minimum absolute atomic E-state index is 0.224. The number of thiocarbonyl (C=S) groups is 1. The van der Waals surface area contributed by atoms with Gasteiger partial charge in [-0.2, -0.15) is 0 Å². The number of carbonyl (C=O) groups excluding carboxylic acids is 1. The van der Waals surface area contributed by atoms with Crippen LogP contribution < -0.4 is 10.6 Å². The molecule has 4 rings (SSSR count). The van der Waals surface area contributed by atoms with Crippen LogP contribution in [0.5, 0.6) is 0 Å². The van der Waals surface area contributed by atoms with Crippen molar-refractivity contribution < 1.29 is 9.21 Å². The van der Waals surface area contributed by atoms with Crippen molar-refractivity contribution in [2.75, 3.05) is 5.32 Å². The van der Waals surface area contributed by atoms with Crippen LogP contribution in [0.25, 0.3) is 22.6 Å². The van der Waals surface area contributed by atoms with Gasteiger partial charge in [0.2, 0.25) is 5.89 Å². The van der Waals surface area contributed by atoms with Crippen molar-refractivity contribution in [1.29, 1.82) is 0 Å². The number of aryl methyl sites for hydroxylation is 4. The maximum atomic E-state index is 12.5. The molecule has 0 radical (unpaired) electrons. The molecule has 3 aromatic carbocycles. The molecule has 0 aliphatic heterocycles. The average Bonchev–Trinajstić information content (AvgIpc) is 3.10. The molecule has 156 valence electrons. The molecule has 0 atom stereocenters. The Morgan fingerprint density at radius 1 is 0.903 bits per heavy atom. The third kappa shape index (κ3) is 4.64. The van der Waals surface area contributed by atoms with Gasteiger partial charge < -0.3 is 9.73 Å². The molecule has 0 saturated carbocycles. The quantitative estimate of drug-likeness (QED) is 0.400. The lowest BCUT2D eigenvalue weighted by Gasteiger charge is -2.10. The summed E-state index contributed by atoms with van der Waals surface area (Å²) in [7, 11) is 0. The van der Waals surface area contributed by atoms with Gasteiger partial charge in [0, 0.05) is 16.8 Å². The molecular weight excluding hydrogens is 406 g/mol. The van der Waals surface area contributed by atoms with Gasteiger partial charge in [-0.15, -0.1) is 0 Å². The van der Waals surface area contributed by atoms with Gasteiger partial charge in [0.15, 0.2) is 10.7 Å². The van der Waals surface area contributed by atoms with E-state index in [1.165, 1.54) is 5.56 Å². The smallest absolute Gasteiger partial charge is 0.257 e. The summed E-state index contributed by atoms with van der Waals surface area (Å²) in [6.07, 6.45) is 0. The van der Waals surface area contributed by atoms with Crippen LogP contribution in [0.4, 0.5) is 5.69 Å². The highest BCUT2D eigenvalue weighted by Crippen LogP contribution is 2.28. The summed E-state index contributed by atoms with van der Waals surface area (Å²) in [5.74, 6) is 0.333. The molecular formula is C25H23N3O2S. The van der Waals surface area contributed by atoms with E-state index in [0.29, 0.717) is 22.6 Å². The highest BCUT2D eigenvalue weighted by atomic mass is 32.1. The first-order valence-electron chi connectivity index (χ1n) is 9.97. The fourth-order valence-electron chi connectivity index (χ4n) is 3.62. The van der Waals surface area contributed by atoms with Crippen molar-refractivity contribution in [3.05, 3.63) is 82.4 Å². The van der Waals surface area contributed by atoms with E-state index in [0.717, 1.165) is 27.9 Å². The number of nitrogens with one attached hydrogen (secondary N) is 2. The Labute approximate surface area is 186 Å². The zero-order valence-corrected chi connectivity index (χ0v) is 18.7. The van der Waals surface area contributed by atoms with Crippen molar-refractivity contribution in [3.8, 4) is 11.5 Å². The number of hydrogen-bond donors (Lipinski definition) is 2. The summed E-state index contributed by atoms with van der Waals surface area (Å²) in [6, 6.07) is 17.4. The van der Waals surface area contributed by atoms with Gasteiger partial charge in [-0.05, 0) is 81.9 Å². The number of hydrogen-bond acceptors (Lipinski definition) is 4. The molecule has 4 aromatic rings. The van der Waals surface area contributed by atoms with E-state index < -0.39 is 0 Å². The summed E-state index contributed by atoms with van der Waals surface area (Å²) in [5, 5.41) is 6.00. The van der Waals surface area contributed by atoms with Gasteiger partial charge in [-0.3, -0.25) is 10.1 Å². The largest absolute Gasteiger partial charge is 0.436 e. The van der Waals surface area contributed by atoms with E-state index in [1.807, 2.05) is 69.3 Å². The number of anilines is 1. The van der Waals surface area contributed by atoms with Crippen LogP contribution in [0.1, 0.15) is 32.6 Å². The van der Waals surface area contributed by atoms with Crippen LogP contribution in [0.3, 0.4) is 0 Å². The van der Waals surface area contributed by atoms with E-state index >= 15 is 0 Å². The Hall–Kier alpha value is -3.51. The predicted octanol–water partition coefficient (Wildman–Crippen LogP) is 5.86. The zero-order valence-electron chi connectivity index (χ0n) is 17.9. The summed E-state index contributed by atoms with van der Waals surface area (Å²) >= 11 is 5.32. The Morgan fingerprint density at radius 2 is 1.65 bits per heavy atom. The molecule has 2 N–H and O–H groups in total. The Kier molecular flexibility index (Phi) is 5.57. The Balaban J connectivity index is 1.50. The molecule has 1 amide bonds. The third-order valence-electron chi connectivity index (χ3n) is 4.97. The van der Waals surface area contributed by atoms with E-state index in [2.05, 4.69) is 28.6 Å². The normalized spacial score (nSPS) is 10.8. The van der Waals surface area contributed by atoms with Gasteiger partial charge in [0.05, 0.1) is 0 Å². The maximum Gasteiger partial charge on any atom is 0.257 e. The Bertz CT molecular complexity index is 1300. The van der Waals surface area contributed by atoms with Crippen molar-refractivity contribution in [3.63, 3.8) is 0 Å². The van der Waals surface area contributed by atoms with E-state index in [4.69, 9.17) is 16.6 Å². The van der Waals surface area contributed by atoms with Crippen LogP contribution >= 0.6 is 12.2 Å². The monoisotopic (exact) mass is 429 g/mol. The van der Waals surface area contributed by atoms with E-state index in [-0.39, 0.29) is 11.0 Å². The molecule has 1 aromatic heterocycles. The van der Waals surface area contributed by atoms with Gasteiger partial charge in [-0.1, -0.05) is 34.9 Å². The lowest BCUT2D eigenvalue weighted by Crippen LogP contribution is -2.34. The highest BCUT2D eigenvalue weighted by molar-refractivity contribution is 7.80. The van der Waals surface area contributed by atoms with E-state index in [9.17, 15) is 4.79 Å². The predicted molar refractivity (Wildman–Crippen MR) is 129 cm³/mol. The second-order valence-corrected chi connectivity index (χ2v) is 8.21. The molecule has 5 nitrogen and oxygen atoms in total. The number of aromatic nitrogens is 1. The average molecular weight is 430 g/mol. The van der Waals surface area contributed by atoms with Crippen LogP contribution in [0.2, 0.25) is 0 Å². The van der Waals surface area contributed by atoms with Gasteiger partial charge in [0.25, 0.3) is 5.91 Å². The topological polar surface area (TPSA) is 67.2 Å². The molecule has 0 aliphatic rings. The summed E-state index contributed by atoms with van der Waals surface area (Å²) in [5.41, 5.74) is 8.02. The first-order valence-corrected chi connectivity index (χ1v) is 10.4. The van der Waals surface area contributed by atoms with Crippen LogP contribution in [0.15, 0.2) is 59.0 Å². The lowest BCUT2D eigenvalue weighted by atomic mass is 10.1. The minimum Gasteiger partial charge on any atom is -0.436 e. The van der Waals surface area contributed by atoms with Crippen LogP contribution in [-0.2, 0) is 0 Å². The number of rotatable bonds is 3. The van der Waals surface area contributed by atoms with Gasteiger partial charge in [-0.25, -0.2) is 4.98 Å². The fourth-order valence-corrected chi connectivity index (χ4v) is 3.83. The standard InChI is InChI=1S/C25H23N3O2S/c1-14-5-7-20(17(4)10-14)24-27-21-13-19(6-8-22(21)30-24)26-25(31)28-23(29)18-11-15(2)9-16(3)12-18/h5-13H,1-4H3,(H2,26,28,29,31). The van der Waals surface area contributed by atoms with Crippen molar-refractivity contribution >= 4 is 40.0 Å². The number of fused-ring (bicyclic) bond motifs is 1. The molecule has 0 saturated heterocycles. The van der Waals surface area contributed by atoms with Crippen molar-refractivity contribution in [2.45, 2.75) is 27.7 Å².